The molecule has 0 N–H and O–H groups in total. The van der Waals surface area contributed by atoms with E-state index in [1.165, 1.54) is 22.7 Å². The number of halogens is 6. The Labute approximate surface area is 238 Å². The van der Waals surface area contributed by atoms with Crippen LogP contribution in [-0.2, 0) is 0 Å². The highest BCUT2D eigenvalue weighted by molar-refractivity contribution is 9.11. The van der Waals surface area contributed by atoms with Crippen LogP contribution in [0.5, 0.6) is 0 Å². The van der Waals surface area contributed by atoms with Crippen LogP contribution in [0.25, 0.3) is 40.4 Å². The maximum absolute atomic E-state index is 15.4. The lowest BCUT2D eigenvalue weighted by Gasteiger charge is -2.10. The van der Waals surface area contributed by atoms with Crippen LogP contribution < -0.4 is 0 Å². The van der Waals surface area contributed by atoms with Gasteiger partial charge in [-0.05, 0) is 106 Å². The Balaban J connectivity index is 1.63. The fourth-order valence-electron chi connectivity index (χ4n) is 3.91. The Morgan fingerprint density at radius 2 is 0.778 bits per heavy atom. The minimum Gasteiger partial charge on any atom is -0.203 e. The molecule has 0 nitrogen and oxygen atoms in total. The number of benzene rings is 1. The van der Waals surface area contributed by atoms with Crippen molar-refractivity contribution < 1.29 is 17.6 Å². The standard InChI is InChI=1S/C26H16Br2F4S4/c1-9-5-13(33-23(9)15-7-11(3)25(27)35-15)17-19(29)21(31)18(22(32)20(17)30)14-6-10(2)24(34-14)16-8-12(4)26(28)36-16/h5-8H,1-4H3. The molecule has 1 aromatic carbocycles. The van der Waals surface area contributed by atoms with Gasteiger partial charge in [0.2, 0.25) is 0 Å². The Hall–Kier alpha value is -1.30. The highest BCUT2D eigenvalue weighted by atomic mass is 79.9. The molecule has 0 saturated carbocycles. The SMILES string of the molecule is Cc1cc(-c2sc(-c3c(F)c(F)c(-c4cc(C)c(-c5cc(C)c(Br)s5)s4)c(F)c3F)cc2C)sc1Br. The smallest absolute Gasteiger partial charge is 0.171 e. The van der Waals surface area contributed by atoms with E-state index < -0.39 is 34.4 Å². The zero-order valence-corrected chi connectivity index (χ0v) is 25.6. The molecular weight excluding hydrogens is 676 g/mol. The summed E-state index contributed by atoms with van der Waals surface area (Å²) in [5.74, 6) is -5.55. The normalized spacial score (nSPS) is 11.6. The summed E-state index contributed by atoms with van der Waals surface area (Å²) in [5, 5.41) is 0. The molecule has 4 heterocycles. The van der Waals surface area contributed by atoms with Gasteiger partial charge in [-0.25, -0.2) is 17.6 Å². The molecule has 0 unspecified atom stereocenters. The van der Waals surface area contributed by atoms with E-state index in [1.54, 1.807) is 12.1 Å². The molecule has 0 aliphatic heterocycles. The van der Waals surface area contributed by atoms with Crippen LogP contribution in [0.15, 0.2) is 31.8 Å². The van der Waals surface area contributed by atoms with Gasteiger partial charge < -0.3 is 0 Å². The number of hydrogen-bond acceptors (Lipinski definition) is 4. The third-order valence-electron chi connectivity index (χ3n) is 5.75. The third-order valence-corrected chi connectivity index (χ3v) is 12.9. The van der Waals surface area contributed by atoms with Crippen molar-refractivity contribution in [2.24, 2.45) is 0 Å². The van der Waals surface area contributed by atoms with Crippen LogP contribution in [0.1, 0.15) is 22.3 Å². The molecule has 0 amide bonds. The van der Waals surface area contributed by atoms with E-state index in [1.807, 2.05) is 39.8 Å². The molecule has 0 bridgehead atoms. The second kappa shape index (κ2) is 9.78. The van der Waals surface area contributed by atoms with Crippen molar-refractivity contribution in [2.75, 3.05) is 0 Å². The average molecular weight is 692 g/mol. The van der Waals surface area contributed by atoms with Gasteiger partial charge in [-0.1, -0.05) is 0 Å². The molecule has 0 aliphatic carbocycles. The summed E-state index contributed by atoms with van der Waals surface area (Å²) >= 11 is 12.2. The van der Waals surface area contributed by atoms with Crippen LogP contribution in [0.2, 0.25) is 0 Å². The van der Waals surface area contributed by atoms with Crippen molar-refractivity contribution in [3.05, 3.63) is 77.4 Å². The van der Waals surface area contributed by atoms with E-state index >= 15 is 17.6 Å². The summed E-state index contributed by atoms with van der Waals surface area (Å²) in [6.45, 7) is 7.53. The van der Waals surface area contributed by atoms with Crippen molar-refractivity contribution in [2.45, 2.75) is 27.7 Å². The van der Waals surface area contributed by atoms with Crippen molar-refractivity contribution in [1.29, 1.82) is 0 Å². The quantitative estimate of drug-likeness (QED) is 0.130. The fourth-order valence-corrected chi connectivity index (χ4v) is 9.72. The first-order valence-electron chi connectivity index (χ1n) is 10.6. The average Bonchev–Trinajstić information content (AvgIpc) is 3.55. The van der Waals surface area contributed by atoms with Crippen molar-refractivity contribution in [3.8, 4) is 40.4 Å². The molecule has 0 spiro atoms. The van der Waals surface area contributed by atoms with Gasteiger partial charge >= 0.3 is 0 Å². The van der Waals surface area contributed by atoms with Gasteiger partial charge in [0.25, 0.3) is 0 Å². The zero-order valence-electron chi connectivity index (χ0n) is 19.2. The largest absolute Gasteiger partial charge is 0.203 e. The van der Waals surface area contributed by atoms with Crippen LogP contribution in [0.4, 0.5) is 17.6 Å². The summed E-state index contributed by atoms with van der Waals surface area (Å²) in [5.41, 5.74) is 2.29. The summed E-state index contributed by atoms with van der Waals surface area (Å²) < 4.78 is 63.5. The van der Waals surface area contributed by atoms with Gasteiger partial charge in [-0.2, -0.15) is 0 Å². The first-order chi connectivity index (χ1) is 17.0. The first kappa shape index (κ1) is 26.3. The zero-order chi connectivity index (χ0) is 26.0. The third kappa shape index (κ3) is 4.37. The Bertz CT molecular complexity index is 1470. The highest BCUT2D eigenvalue weighted by Crippen LogP contribution is 2.48. The highest BCUT2D eigenvalue weighted by Gasteiger charge is 2.30. The minimum atomic E-state index is -1.39. The molecule has 0 fully saturated rings. The molecule has 10 heteroatoms. The molecule has 186 valence electrons. The summed E-state index contributed by atoms with van der Waals surface area (Å²) in [7, 11) is 0. The van der Waals surface area contributed by atoms with Crippen LogP contribution in [0, 0.1) is 51.0 Å². The van der Waals surface area contributed by atoms with Crippen molar-refractivity contribution in [1.82, 2.24) is 0 Å². The number of aryl methyl sites for hydroxylation is 4. The predicted octanol–water partition coefficient (Wildman–Crippen LogP) is 11.9. The van der Waals surface area contributed by atoms with Crippen LogP contribution in [0.3, 0.4) is 0 Å². The topological polar surface area (TPSA) is 0 Å². The molecule has 0 saturated heterocycles. The van der Waals surface area contributed by atoms with E-state index in [0.29, 0.717) is 0 Å². The second-order valence-electron chi connectivity index (χ2n) is 8.39. The Morgan fingerprint density at radius 3 is 1.06 bits per heavy atom. The predicted molar refractivity (Wildman–Crippen MR) is 154 cm³/mol. The monoisotopic (exact) mass is 690 g/mol. The fraction of sp³-hybridized carbons (Fsp3) is 0.154. The van der Waals surface area contributed by atoms with E-state index in [0.717, 1.165) is 72.0 Å². The van der Waals surface area contributed by atoms with Gasteiger partial charge in [0.05, 0.1) is 18.7 Å². The lowest BCUT2D eigenvalue weighted by Crippen LogP contribution is -2.02. The molecule has 5 rings (SSSR count). The maximum Gasteiger partial charge on any atom is 0.171 e. The van der Waals surface area contributed by atoms with Crippen LogP contribution >= 0.6 is 77.2 Å². The van der Waals surface area contributed by atoms with Gasteiger partial charge in [0.1, 0.15) is 0 Å². The van der Waals surface area contributed by atoms with Crippen LogP contribution in [-0.4, -0.2) is 0 Å². The Morgan fingerprint density at radius 1 is 0.472 bits per heavy atom. The van der Waals surface area contributed by atoms with Crippen molar-refractivity contribution in [3.63, 3.8) is 0 Å². The minimum absolute atomic E-state index is 0.144. The van der Waals surface area contributed by atoms with Crippen molar-refractivity contribution >= 4 is 77.2 Å². The summed E-state index contributed by atoms with van der Waals surface area (Å²) in [6.07, 6.45) is 0. The molecule has 0 atom stereocenters. The number of hydrogen-bond donors (Lipinski definition) is 0. The maximum atomic E-state index is 15.4. The Kier molecular flexibility index (Phi) is 7.15. The lowest BCUT2D eigenvalue weighted by atomic mass is 10.0. The number of rotatable bonds is 4. The van der Waals surface area contributed by atoms with E-state index in [-0.39, 0.29) is 9.75 Å². The molecule has 4 aromatic heterocycles. The van der Waals surface area contributed by atoms with E-state index in [2.05, 4.69) is 31.9 Å². The van der Waals surface area contributed by atoms with E-state index in [4.69, 9.17) is 0 Å². The van der Waals surface area contributed by atoms with E-state index in [9.17, 15) is 0 Å². The molecule has 0 radical (unpaired) electrons. The van der Waals surface area contributed by atoms with Gasteiger partial charge in [0.15, 0.2) is 23.3 Å². The number of thiophene rings is 4. The summed E-state index contributed by atoms with van der Waals surface area (Å²) in [4.78, 5) is 3.75. The van der Waals surface area contributed by atoms with Gasteiger partial charge in [0, 0.05) is 29.3 Å². The lowest BCUT2D eigenvalue weighted by molar-refractivity contribution is 0.463. The van der Waals surface area contributed by atoms with Gasteiger partial charge in [-0.3, -0.25) is 0 Å². The molecule has 5 aromatic rings. The molecule has 0 aliphatic rings. The molecule has 36 heavy (non-hydrogen) atoms. The van der Waals surface area contributed by atoms with Gasteiger partial charge in [-0.15, -0.1) is 45.3 Å². The summed E-state index contributed by atoms with van der Waals surface area (Å²) in [6, 6.07) is 7.10. The molecular formula is C26H16Br2F4S4. The first-order valence-corrected chi connectivity index (χ1v) is 15.4. The second-order valence-corrected chi connectivity index (χ2v) is 15.2.